The molecule has 0 heterocycles. The highest BCUT2D eigenvalue weighted by Gasteiger charge is 2.32. The molecule has 0 radical (unpaired) electrons. The third-order valence-corrected chi connectivity index (χ3v) is 2.80. The Morgan fingerprint density at radius 2 is 2.07 bits per heavy atom. The lowest BCUT2D eigenvalue weighted by Crippen LogP contribution is -2.43. The van der Waals surface area contributed by atoms with E-state index in [0.29, 0.717) is 0 Å². The van der Waals surface area contributed by atoms with Crippen LogP contribution in [0.3, 0.4) is 0 Å². The second-order valence-corrected chi connectivity index (χ2v) is 6.65. The fourth-order valence-electron chi connectivity index (χ4n) is 1.53. The van der Waals surface area contributed by atoms with E-state index in [1.165, 1.54) is 12.8 Å². The topological polar surface area (TPSA) is 20.3 Å². The van der Waals surface area contributed by atoms with Gasteiger partial charge < -0.3 is 4.90 Å². The average molecular weight is 262 g/mol. The Kier molecular flexibility index (Phi) is 3.99. The van der Waals surface area contributed by atoms with Crippen LogP contribution in [-0.4, -0.2) is 28.2 Å². The zero-order valence-electron chi connectivity index (χ0n) is 9.35. The van der Waals surface area contributed by atoms with Crippen LogP contribution in [0.1, 0.15) is 40.0 Å². The summed E-state index contributed by atoms with van der Waals surface area (Å²) in [5.41, 5.74) is 0. The molecule has 0 aromatic carbocycles. The maximum atomic E-state index is 12.0. The SMILES string of the molecule is CCCN(CC1CC1)C(=O)C(C)(C)Br. The number of amides is 1. The van der Waals surface area contributed by atoms with Crippen molar-refractivity contribution in [1.82, 2.24) is 4.90 Å². The molecule has 0 aromatic heterocycles. The summed E-state index contributed by atoms with van der Waals surface area (Å²) in [4.78, 5) is 14.0. The first-order chi connectivity index (χ1) is 6.45. The van der Waals surface area contributed by atoms with Crippen LogP contribution in [0.5, 0.6) is 0 Å². The number of hydrogen-bond acceptors (Lipinski definition) is 1. The molecule has 1 rings (SSSR count). The molecule has 0 saturated heterocycles. The smallest absolute Gasteiger partial charge is 0.238 e. The molecular formula is C11H20BrNO. The van der Waals surface area contributed by atoms with Crippen LogP contribution in [0.15, 0.2) is 0 Å². The minimum Gasteiger partial charge on any atom is -0.341 e. The molecule has 3 heteroatoms. The number of alkyl halides is 1. The molecule has 0 aromatic rings. The number of carbonyl (C=O) groups is 1. The summed E-state index contributed by atoms with van der Waals surface area (Å²) in [6.45, 7) is 7.82. The van der Waals surface area contributed by atoms with Gasteiger partial charge in [-0.1, -0.05) is 22.9 Å². The van der Waals surface area contributed by atoms with Gasteiger partial charge in [-0.15, -0.1) is 0 Å². The van der Waals surface area contributed by atoms with Crippen LogP contribution in [0, 0.1) is 5.92 Å². The largest absolute Gasteiger partial charge is 0.341 e. The van der Waals surface area contributed by atoms with E-state index in [9.17, 15) is 4.79 Å². The quantitative estimate of drug-likeness (QED) is 0.698. The molecule has 0 N–H and O–H groups in total. The first-order valence-electron chi connectivity index (χ1n) is 5.43. The summed E-state index contributed by atoms with van der Waals surface area (Å²) in [5.74, 6) is 1.01. The Labute approximate surface area is 95.2 Å². The molecule has 1 amide bonds. The molecule has 1 aliphatic rings. The minimum absolute atomic E-state index is 0.228. The van der Waals surface area contributed by atoms with E-state index in [2.05, 4.69) is 22.9 Å². The van der Waals surface area contributed by atoms with Gasteiger partial charge in [-0.3, -0.25) is 4.79 Å². The predicted octanol–water partition coefficient (Wildman–Crippen LogP) is 2.81. The number of halogens is 1. The second-order valence-electron chi connectivity index (χ2n) is 4.67. The van der Waals surface area contributed by atoms with Crippen molar-refractivity contribution in [2.45, 2.75) is 44.4 Å². The monoisotopic (exact) mass is 261 g/mol. The molecule has 0 atom stereocenters. The molecule has 1 aliphatic carbocycles. The standard InChI is InChI=1S/C11H20BrNO/c1-4-7-13(8-9-5-6-9)10(14)11(2,3)12/h9H,4-8H2,1-3H3. The molecule has 0 unspecified atom stereocenters. The maximum Gasteiger partial charge on any atom is 0.238 e. The van der Waals surface area contributed by atoms with Crippen molar-refractivity contribution in [3.05, 3.63) is 0 Å². The summed E-state index contributed by atoms with van der Waals surface area (Å²) in [6.07, 6.45) is 3.65. The Balaban J connectivity index is 2.51. The van der Waals surface area contributed by atoms with Crippen molar-refractivity contribution in [2.24, 2.45) is 5.92 Å². The van der Waals surface area contributed by atoms with Crippen LogP contribution in [0.4, 0.5) is 0 Å². The third-order valence-electron chi connectivity index (χ3n) is 2.46. The molecular weight excluding hydrogens is 242 g/mol. The molecule has 0 spiro atoms. The lowest BCUT2D eigenvalue weighted by atomic mass is 10.1. The summed E-state index contributed by atoms with van der Waals surface area (Å²) in [6, 6.07) is 0. The van der Waals surface area contributed by atoms with Gasteiger partial charge in [-0.05, 0) is 39.0 Å². The van der Waals surface area contributed by atoms with Crippen LogP contribution in [0.2, 0.25) is 0 Å². The number of rotatable bonds is 5. The fourth-order valence-corrected chi connectivity index (χ4v) is 1.78. The molecule has 14 heavy (non-hydrogen) atoms. The lowest BCUT2D eigenvalue weighted by molar-refractivity contribution is -0.133. The Morgan fingerprint density at radius 3 is 2.43 bits per heavy atom. The highest BCUT2D eigenvalue weighted by Crippen LogP contribution is 2.31. The van der Waals surface area contributed by atoms with Gasteiger partial charge in [0.25, 0.3) is 0 Å². The van der Waals surface area contributed by atoms with Crippen molar-refractivity contribution in [1.29, 1.82) is 0 Å². The van der Waals surface area contributed by atoms with E-state index >= 15 is 0 Å². The van der Waals surface area contributed by atoms with Gasteiger partial charge in [0.2, 0.25) is 5.91 Å². The number of hydrogen-bond donors (Lipinski definition) is 0. The minimum atomic E-state index is -0.406. The zero-order chi connectivity index (χ0) is 10.8. The Morgan fingerprint density at radius 1 is 1.50 bits per heavy atom. The van der Waals surface area contributed by atoms with E-state index in [0.717, 1.165) is 25.4 Å². The van der Waals surface area contributed by atoms with Crippen molar-refractivity contribution in [3.8, 4) is 0 Å². The summed E-state index contributed by atoms with van der Waals surface area (Å²) < 4.78 is -0.406. The van der Waals surface area contributed by atoms with Crippen LogP contribution < -0.4 is 0 Å². The van der Waals surface area contributed by atoms with E-state index in [1.807, 2.05) is 18.7 Å². The highest BCUT2D eigenvalue weighted by atomic mass is 79.9. The van der Waals surface area contributed by atoms with Crippen molar-refractivity contribution < 1.29 is 4.79 Å². The Bertz CT molecular complexity index is 206. The van der Waals surface area contributed by atoms with E-state index in [4.69, 9.17) is 0 Å². The fraction of sp³-hybridized carbons (Fsp3) is 0.909. The number of carbonyl (C=O) groups excluding carboxylic acids is 1. The average Bonchev–Trinajstić information content (AvgIpc) is 2.84. The van der Waals surface area contributed by atoms with Crippen LogP contribution in [-0.2, 0) is 4.79 Å². The van der Waals surface area contributed by atoms with Crippen LogP contribution >= 0.6 is 15.9 Å². The van der Waals surface area contributed by atoms with Crippen molar-refractivity contribution >= 4 is 21.8 Å². The molecule has 82 valence electrons. The van der Waals surface area contributed by atoms with Gasteiger partial charge in [-0.25, -0.2) is 0 Å². The van der Waals surface area contributed by atoms with Crippen molar-refractivity contribution in [2.75, 3.05) is 13.1 Å². The third kappa shape index (κ3) is 3.60. The maximum absolute atomic E-state index is 12.0. The normalized spacial score (nSPS) is 16.9. The van der Waals surface area contributed by atoms with E-state index < -0.39 is 4.32 Å². The molecule has 1 fully saturated rings. The number of nitrogens with zero attached hydrogens (tertiary/aromatic N) is 1. The summed E-state index contributed by atoms with van der Waals surface area (Å²) in [5, 5.41) is 0. The first-order valence-corrected chi connectivity index (χ1v) is 6.22. The summed E-state index contributed by atoms with van der Waals surface area (Å²) in [7, 11) is 0. The van der Waals surface area contributed by atoms with Gasteiger partial charge in [-0.2, -0.15) is 0 Å². The molecule has 1 saturated carbocycles. The van der Waals surface area contributed by atoms with Gasteiger partial charge in [0, 0.05) is 13.1 Å². The zero-order valence-corrected chi connectivity index (χ0v) is 10.9. The van der Waals surface area contributed by atoms with E-state index in [1.54, 1.807) is 0 Å². The van der Waals surface area contributed by atoms with Crippen LogP contribution in [0.25, 0.3) is 0 Å². The van der Waals surface area contributed by atoms with E-state index in [-0.39, 0.29) is 5.91 Å². The van der Waals surface area contributed by atoms with Gasteiger partial charge in [0.15, 0.2) is 0 Å². The highest BCUT2D eigenvalue weighted by molar-refractivity contribution is 9.10. The molecule has 0 bridgehead atoms. The predicted molar refractivity (Wildman–Crippen MR) is 62.6 cm³/mol. The van der Waals surface area contributed by atoms with Crippen molar-refractivity contribution in [3.63, 3.8) is 0 Å². The Hall–Kier alpha value is -0.0500. The lowest BCUT2D eigenvalue weighted by Gasteiger charge is -2.28. The van der Waals surface area contributed by atoms with Gasteiger partial charge in [0.05, 0.1) is 4.32 Å². The van der Waals surface area contributed by atoms with Gasteiger partial charge >= 0.3 is 0 Å². The first kappa shape index (κ1) is 12.0. The molecule has 0 aliphatic heterocycles. The molecule has 2 nitrogen and oxygen atoms in total. The summed E-state index contributed by atoms with van der Waals surface area (Å²) >= 11 is 3.43. The second kappa shape index (κ2) is 4.65. The van der Waals surface area contributed by atoms with Gasteiger partial charge in [0.1, 0.15) is 0 Å².